The third kappa shape index (κ3) is 3.01. The average molecular weight is 264 g/mol. The van der Waals surface area contributed by atoms with Crippen LogP contribution in [0.2, 0.25) is 0 Å². The molecule has 0 aromatic carbocycles. The minimum absolute atomic E-state index is 0.00670. The molecule has 1 N–H and O–H groups in total. The molecular formula is C13H16N2O4. The molecule has 0 radical (unpaired) electrons. The lowest BCUT2D eigenvalue weighted by Gasteiger charge is -2.15. The molecule has 2 amide bonds. The highest BCUT2D eigenvalue weighted by atomic mass is 16.3. The van der Waals surface area contributed by atoms with Crippen molar-refractivity contribution >= 4 is 17.6 Å². The summed E-state index contributed by atoms with van der Waals surface area (Å²) >= 11 is 0. The molecule has 0 bridgehead atoms. The molecule has 0 spiro atoms. The van der Waals surface area contributed by atoms with Crippen LogP contribution < -0.4 is 5.32 Å². The zero-order valence-corrected chi connectivity index (χ0v) is 10.7. The van der Waals surface area contributed by atoms with Gasteiger partial charge in [0.05, 0.1) is 12.3 Å². The smallest absolute Gasteiger partial charge is 0.296 e. The first-order valence-electron chi connectivity index (χ1n) is 6.28. The molecule has 19 heavy (non-hydrogen) atoms. The van der Waals surface area contributed by atoms with Crippen LogP contribution in [0.1, 0.15) is 30.3 Å². The van der Waals surface area contributed by atoms with E-state index >= 15 is 0 Å². The summed E-state index contributed by atoms with van der Waals surface area (Å²) in [6.45, 7) is 3.13. The molecule has 0 aliphatic carbocycles. The predicted molar refractivity (Wildman–Crippen MR) is 66.5 cm³/mol. The monoisotopic (exact) mass is 264 g/mol. The number of likely N-dealkylation sites (tertiary alicyclic amines) is 1. The fraction of sp³-hybridized carbons (Fsp3) is 0.462. The first-order chi connectivity index (χ1) is 9.11. The number of furan rings is 1. The van der Waals surface area contributed by atoms with Crippen molar-refractivity contribution in [3.63, 3.8) is 0 Å². The van der Waals surface area contributed by atoms with Gasteiger partial charge in [0.15, 0.2) is 5.76 Å². The Bertz CT molecular complexity index is 481. The number of rotatable bonds is 5. The van der Waals surface area contributed by atoms with Gasteiger partial charge in [0.25, 0.3) is 11.7 Å². The molecule has 6 nitrogen and oxygen atoms in total. The highest BCUT2D eigenvalue weighted by molar-refractivity contribution is 6.42. The predicted octanol–water partition coefficient (Wildman–Crippen LogP) is 0.589. The Hall–Kier alpha value is -2.11. The summed E-state index contributed by atoms with van der Waals surface area (Å²) in [5.74, 6) is -1.43. The van der Waals surface area contributed by atoms with E-state index in [-0.39, 0.29) is 24.1 Å². The molecule has 1 aliphatic rings. The van der Waals surface area contributed by atoms with Gasteiger partial charge >= 0.3 is 0 Å². The second-order valence-electron chi connectivity index (χ2n) is 4.52. The van der Waals surface area contributed by atoms with Crippen LogP contribution in [0.25, 0.3) is 0 Å². The van der Waals surface area contributed by atoms with E-state index < -0.39 is 11.7 Å². The van der Waals surface area contributed by atoms with Gasteiger partial charge in [0, 0.05) is 19.5 Å². The molecule has 2 rings (SSSR count). The van der Waals surface area contributed by atoms with Crippen molar-refractivity contribution < 1.29 is 18.8 Å². The summed E-state index contributed by atoms with van der Waals surface area (Å²) in [5.41, 5.74) is 0. The number of ketones is 1. The maximum absolute atomic E-state index is 11.7. The molecule has 6 heteroatoms. The summed E-state index contributed by atoms with van der Waals surface area (Å²) < 4.78 is 4.87. The van der Waals surface area contributed by atoms with Crippen LogP contribution in [0.3, 0.4) is 0 Å². The minimum Gasteiger partial charge on any atom is -0.461 e. The SMILES string of the molecule is CCCN1CC(NC(=O)C(=O)c2ccco2)CC1=O. The summed E-state index contributed by atoms with van der Waals surface area (Å²) in [6, 6.07) is 2.68. The molecule has 1 aromatic rings. The molecule has 1 unspecified atom stereocenters. The van der Waals surface area contributed by atoms with E-state index in [0.29, 0.717) is 13.1 Å². The first-order valence-corrected chi connectivity index (χ1v) is 6.28. The van der Waals surface area contributed by atoms with Crippen LogP contribution in [-0.4, -0.2) is 41.6 Å². The van der Waals surface area contributed by atoms with E-state index in [1.54, 1.807) is 11.0 Å². The number of carbonyl (C=O) groups is 3. The van der Waals surface area contributed by atoms with E-state index in [0.717, 1.165) is 6.42 Å². The standard InChI is InChI=1S/C13H16N2O4/c1-2-5-15-8-9(7-11(15)16)14-13(18)12(17)10-4-3-6-19-10/h3-4,6,9H,2,5,7-8H2,1H3,(H,14,18). The van der Waals surface area contributed by atoms with Gasteiger partial charge in [-0.2, -0.15) is 0 Å². The van der Waals surface area contributed by atoms with Gasteiger partial charge in [-0.3, -0.25) is 14.4 Å². The van der Waals surface area contributed by atoms with Crippen molar-refractivity contribution in [3.8, 4) is 0 Å². The maximum Gasteiger partial charge on any atom is 0.296 e. The third-order valence-corrected chi connectivity index (χ3v) is 2.99. The number of nitrogens with zero attached hydrogens (tertiary/aromatic N) is 1. The van der Waals surface area contributed by atoms with Gasteiger partial charge in [-0.15, -0.1) is 0 Å². The normalized spacial score (nSPS) is 18.7. The molecular weight excluding hydrogens is 248 g/mol. The Morgan fingerprint density at radius 3 is 2.95 bits per heavy atom. The lowest BCUT2D eigenvalue weighted by atomic mass is 10.2. The van der Waals surface area contributed by atoms with E-state index in [1.165, 1.54) is 12.3 Å². The largest absolute Gasteiger partial charge is 0.461 e. The Balaban J connectivity index is 1.90. The number of carbonyl (C=O) groups excluding carboxylic acids is 3. The third-order valence-electron chi connectivity index (χ3n) is 2.99. The molecule has 1 atom stereocenters. The lowest BCUT2D eigenvalue weighted by Crippen LogP contribution is -2.40. The second-order valence-corrected chi connectivity index (χ2v) is 4.52. The number of Topliss-reactive ketones (excluding diaryl/α,β-unsaturated/α-hetero) is 1. The van der Waals surface area contributed by atoms with Crippen molar-refractivity contribution in [2.45, 2.75) is 25.8 Å². The Morgan fingerprint density at radius 2 is 2.32 bits per heavy atom. The van der Waals surface area contributed by atoms with Crippen LogP contribution in [0.4, 0.5) is 0 Å². The average Bonchev–Trinajstić information content (AvgIpc) is 3.00. The molecule has 1 fully saturated rings. The van der Waals surface area contributed by atoms with Gasteiger partial charge in [0.1, 0.15) is 0 Å². The van der Waals surface area contributed by atoms with Crippen LogP contribution in [0.5, 0.6) is 0 Å². The molecule has 102 valence electrons. The minimum atomic E-state index is -0.730. The highest BCUT2D eigenvalue weighted by Gasteiger charge is 2.31. The van der Waals surface area contributed by atoms with Crippen LogP contribution >= 0.6 is 0 Å². The number of amides is 2. The fourth-order valence-corrected chi connectivity index (χ4v) is 2.13. The zero-order chi connectivity index (χ0) is 13.8. The molecule has 0 saturated carbocycles. The van der Waals surface area contributed by atoms with Crippen LogP contribution in [0.15, 0.2) is 22.8 Å². The molecule has 1 aromatic heterocycles. The van der Waals surface area contributed by atoms with Crippen molar-refractivity contribution in [2.75, 3.05) is 13.1 Å². The van der Waals surface area contributed by atoms with Gasteiger partial charge in [0.2, 0.25) is 5.91 Å². The number of nitrogens with one attached hydrogen (secondary N) is 1. The lowest BCUT2D eigenvalue weighted by molar-refractivity contribution is -0.127. The second kappa shape index (κ2) is 5.69. The zero-order valence-electron chi connectivity index (χ0n) is 10.7. The van der Waals surface area contributed by atoms with Crippen molar-refractivity contribution in [3.05, 3.63) is 24.2 Å². The Morgan fingerprint density at radius 1 is 1.53 bits per heavy atom. The quantitative estimate of drug-likeness (QED) is 0.623. The van der Waals surface area contributed by atoms with Gasteiger partial charge in [-0.1, -0.05) is 6.92 Å². The number of hydrogen-bond donors (Lipinski definition) is 1. The van der Waals surface area contributed by atoms with E-state index in [2.05, 4.69) is 5.32 Å². The summed E-state index contributed by atoms with van der Waals surface area (Å²) in [5, 5.41) is 2.57. The highest BCUT2D eigenvalue weighted by Crippen LogP contribution is 2.12. The summed E-state index contributed by atoms with van der Waals surface area (Å²) in [4.78, 5) is 36.7. The van der Waals surface area contributed by atoms with Crippen molar-refractivity contribution in [1.82, 2.24) is 10.2 Å². The molecule has 2 heterocycles. The van der Waals surface area contributed by atoms with Gasteiger partial charge < -0.3 is 14.6 Å². The number of hydrogen-bond acceptors (Lipinski definition) is 4. The van der Waals surface area contributed by atoms with Crippen LogP contribution in [-0.2, 0) is 9.59 Å². The first kappa shape index (κ1) is 13.3. The van der Waals surface area contributed by atoms with Crippen molar-refractivity contribution in [1.29, 1.82) is 0 Å². The maximum atomic E-state index is 11.7. The fourth-order valence-electron chi connectivity index (χ4n) is 2.13. The summed E-state index contributed by atoms with van der Waals surface area (Å²) in [6.07, 6.45) is 2.46. The van der Waals surface area contributed by atoms with E-state index in [4.69, 9.17) is 4.42 Å². The van der Waals surface area contributed by atoms with Gasteiger partial charge in [-0.05, 0) is 18.6 Å². The Labute approximate surface area is 110 Å². The van der Waals surface area contributed by atoms with Crippen molar-refractivity contribution in [2.24, 2.45) is 0 Å². The van der Waals surface area contributed by atoms with E-state index in [9.17, 15) is 14.4 Å². The topological polar surface area (TPSA) is 79.6 Å². The summed E-state index contributed by atoms with van der Waals surface area (Å²) in [7, 11) is 0. The molecule has 1 saturated heterocycles. The van der Waals surface area contributed by atoms with Crippen LogP contribution in [0, 0.1) is 0 Å². The Kier molecular flexibility index (Phi) is 3.99. The molecule has 1 aliphatic heterocycles. The van der Waals surface area contributed by atoms with Gasteiger partial charge in [-0.25, -0.2) is 0 Å². The van der Waals surface area contributed by atoms with E-state index in [1.807, 2.05) is 6.92 Å².